The van der Waals surface area contributed by atoms with Gasteiger partial charge in [-0.2, -0.15) is 0 Å². The molecule has 4 nitrogen and oxygen atoms in total. The van der Waals surface area contributed by atoms with E-state index in [2.05, 4.69) is 58.0 Å². The minimum atomic E-state index is 0.492. The third kappa shape index (κ3) is 3.81. The zero-order valence-corrected chi connectivity index (χ0v) is 14.3. The fourth-order valence-electron chi connectivity index (χ4n) is 2.86. The van der Waals surface area contributed by atoms with E-state index in [1.165, 1.54) is 11.1 Å². The van der Waals surface area contributed by atoms with E-state index >= 15 is 0 Å². The highest BCUT2D eigenvalue weighted by Crippen LogP contribution is 2.21. The molecule has 0 unspecified atom stereocenters. The second-order valence-electron chi connectivity index (χ2n) is 6.04. The monoisotopic (exact) mass is 341 g/mol. The van der Waals surface area contributed by atoms with Gasteiger partial charge in [-0.3, -0.25) is 0 Å². The molecule has 0 aliphatic heterocycles. The van der Waals surface area contributed by atoms with Crippen molar-refractivity contribution in [3.8, 4) is 11.5 Å². The summed E-state index contributed by atoms with van der Waals surface area (Å²) in [6.45, 7) is 0.492. The van der Waals surface area contributed by atoms with Crippen LogP contribution in [0.3, 0.4) is 0 Å². The van der Waals surface area contributed by atoms with Crippen LogP contribution >= 0.6 is 0 Å². The molecule has 1 N–H and O–H groups in total. The van der Waals surface area contributed by atoms with Crippen molar-refractivity contribution in [1.29, 1.82) is 0 Å². The molecule has 0 atom stereocenters. The fraction of sp³-hybridized carbons (Fsp3) is 0.0909. The summed E-state index contributed by atoms with van der Waals surface area (Å²) in [7, 11) is 0. The van der Waals surface area contributed by atoms with E-state index < -0.39 is 0 Å². The molecule has 1 aromatic heterocycles. The Morgan fingerprint density at radius 3 is 2.23 bits per heavy atom. The van der Waals surface area contributed by atoms with E-state index in [-0.39, 0.29) is 0 Å². The smallest absolute Gasteiger partial charge is 0.247 e. The van der Waals surface area contributed by atoms with E-state index in [9.17, 15) is 0 Å². The Morgan fingerprint density at radius 2 is 1.42 bits per heavy atom. The average molecular weight is 341 g/mol. The maximum atomic E-state index is 5.76. The van der Waals surface area contributed by atoms with E-state index in [1.807, 2.05) is 42.5 Å². The van der Waals surface area contributed by atoms with E-state index in [0.717, 1.165) is 17.7 Å². The van der Waals surface area contributed by atoms with Gasteiger partial charge in [-0.25, -0.2) is 0 Å². The topological polar surface area (TPSA) is 51.0 Å². The molecule has 0 spiro atoms. The molecule has 0 amide bonds. The van der Waals surface area contributed by atoms with Gasteiger partial charge in [-0.15, -0.1) is 10.2 Å². The zero-order chi connectivity index (χ0) is 17.6. The van der Waals surface area contributed by atoms with Crippen LogP contribution in [-0.2, 0) is 13.0 Å². The second kappa shape index (κ2) is 7.66. The number of anilines is 1. The van der Waals surface area contributed by atoms with Gasteiger partial charge in [0.15, 0.2) is 0 Å². The summed E-state index contributed by atoms with van der Waals surface area (Å²) in [5.41, 5.74) is 4.53. The van der Waals surface area contributed by atoms with Crippen molar-refractivity contribution in [2.45, 2.75) is 13.0 Å². The third-order valence-corrected chi connectivity index (χ3v) is 4.17. The molecule has 3 aromatic carbocycles. The first-order chi connectivity index (χ1) is 12.9. The van der Waals surface area contributed by atoms with Crippen molar-refractivity contribution in [2.24, 2.45) is 0 Å². The van der Waals surface area contributed by atoms with Crippen molar-refractivity contribution in [3.05, 3.63) is 102 Å². The van der Waals surface area contributed by atoms with Crippen molar-refractivity contribution in [1.82, 2.24) is 10.2 Å². The summed E-state index contributed by atoms with van der Waals surface area (Å²) in [5.74, 6) is 1.11. The molecule has 1 heterocycles. The van der Waals surface area contributed by atoms with Gasteiger partial charge in [0.25, 0.3) is 0 Å². The largest absolute Gasteiger partial charge is 0.419 e. The summed E-state index contributed by atoms with van der Waals surface area (Å²) in [6, 6.07) is 28.5. The number of nitrogens with zero attached hydrogens (tertiary/aromatic N) is 2. The normalized spacial score (nSPS) is 10.6. The highest BCUT2D eigenvalue weighted by atomic mass is 16.4. The van der Waals surface area contributed by atoms with Gasteiger partial charge in [-0.05, 0) is 35.7 Å². The van der Waals surface area contributed by atoms with Crippen LogP contribution in [0.4, 0.5) is 5.69 Å². The van der Waals surface area contributed by atoms with Gasteiger partial charge in [0, 0.05) is 11.3 Å². The number of benzene rings is 3. The number of nitrogens with one attached hydrogen (secondary N) is 1. The molecule has 0 saturated carbocycles. The van der Waals surface area contributed by atoms with Gasteiger partial charge in [0.2, 0.25) is 11.8 Å². The van der Waals surface area contributed by atoms with Crippen LogP contribution in [-0.4, -0.2) is 10.2 Å². The van der Waals surface area contributed by atoms with Gasteiger partial charge >= 0.3 is 0 Å². The molecule has 0 fully saturated rings. The molecule has 4 rings (SSSR count). The highest BCUT2D eigenvalue weighted by Gasteiger charge is 2.09. The Morgan fingerprint density at radius 1 is 0.731 bits per heavy atom. The van der Waals surface area contributed by atoms with Crippen molar-refractivity contribution >= 4 is 5.69 Å². The van der Waals surface area contributed by atoms with Crippen LogP contribution in [0.2, 0.25) is 0 Å². The minimum Gasteiger partial charge on any atom is -0.419 e. The minimum absolute atomic E-state index is 0.492. The van der Waals surface area contributed by atoms with Crippen molar-refractivity contribution < 1.29 is 4.42 Å². The molecule has 0 saturated heterocycles. The van der Waals surface area contributed by atoms with Crippen LogP contribution in [0.25, 0.3) is 11.5 Å². The second-order valence-corrected chi connectivity index (χ2v) is 6.04. The van der Waals surface area contributed by atoms with E-state index in [0.29, 0.717) is 18.3 Å². The molecular formula is C22H19N3O. The maximum absolute atomic E-state index is 5.76. The van der Waals surface area contributed by atoms with Crippen LogP contribution in [0.15, 0.2) is 89.3 Å². The first kappa shape index (κ1) is 16.1. The fourth-order valence-corrected chi connectivity index (χ4v) is 2.86. The maximum Gasteiger partial charge on any atom is 0.247 e. The van der Waals surface area contributed by atoms with Crippen molar-refractivity contribution in [2.75, 3.05) is 5.32 Å². The highest BCUT2D eigenvalue weighted by molar-refractivity contribution is 5.53. The number of para-hydroxylation sites is 1. The Balaban J connectivity index is 1.46. The van der Waals surface area contributed by atoms with Crippen LogP contribution in [0, 0.1) is 0 Å². The van der Waals surface area contributed by atoms with Gasteiger partial charge in [0.05, 0.1) is 6.54 Å². The van der Waals surface area contributed by atoms with Crippen molar-refractivity contribution in [3.63, 3.8) is 0 Å². The first-order valence-electron chi connectivity index (χ1n) is 8.62. The van der Waals surface area contributed by atoms with Crippen LogP contribution < -0.4 is 5.32 Å². The van der Waals surface area contributed by atoms with E-state index in [4.69, 9.17) is 4.42 Å². The number of aromatic nitrogens is 2. The molecule has 0 radical (unpaired) electrons. The molecule has 4 aromatic rings. The summed E-state index contributed by atoms with van der Waals surface area (Å²) in [5, 5.41) is 11.7. The lowest BCUT2D eigenvalue weighted by Gasteiger charge is -2.10. The number of hydrogen-bond acceptors (Lipinski definition) is 4. The standard InChI is InChI=1S/C22H19N3O/c1-3-9-17(10-4-1)15-19-13-7-8-14-20(19)23-16-21-24-25-22(26-21)18-11-5-2-6-12-18/h1-14,23H,15-16H2. The lowest BCUT2D eigenvalue weighted by atomic mass is 10.0. The summed E-state index contributed by atoms with van der Waals surface area (Å²) >= 11 is 0. The van der Waals surface area contributed by atoms with Crippen LogP contribution in [0.5, 0.6) is 0 Å². The van der Waals surface area contributed by atoms with Gasteiger partial charge < -0.3 is 9.73 Å². The first-order valence-corrected chi connectivity index (χ1v) is 8.62. The summed E-state index contributed by atoms with van der Waals surface area (Å²) in [6.07, 6.45) is 0.878. The predicted octanol–water partition coefficient (Wildman–Crippen LogP) is 4.94. The molecule has 128 valence electrons. The van der Waals surface area contributed by atoms with Crippen LogP contribution in [0.1, 0.15) is 17.0 Å². The molecule has 26 heavy (non-hydrogen) atoms. The number of hydrogen-bond donors (Lipinski definition) is 1. The molecule has 0 aliphatic carbocycles. The molecule has 0 bridgehead atoms. The predicted molar refractivity (Wildman–Crippen MR) is 103 cm³/mol. The Labute approximate surface area is 152 Å². The number of rotatable bonds is 6. The Hall–Kier alpha value is -3.40. The van der Waals surface area contributed by atoms with Gasteiger partial charge in [-0.1, -0.05) is 66.7 Å². The third-order valence-electron chi connectivity index (χ3n) is 4.17. The average Bonchev–Trinajstić information content (AvgIpc) is 3.18. The summed E-state index contributed by atoms with van der Waals surface area (Å²) < 4.78 is 5.76. The zero-order valence-electron chi connectivity index (χ0n) is 14.3. The molecule has 0 aliphatic rings. The van der Waals surface area contributed by atoms with E-state index in [1.54, 1.807) is 0 Å². The quantitative estimate of drug-likeness (QED) is 0.540. The lowest BCUT2D eigenvalue weighted by molar-refractivity contribution is 0.515. The molecular weight excluding hydrogens is 322 g/mol. The molecule has 4 heteroatoms. The Bertz CT molecular complexity index is 965. The lowest BCUT2D eigenvalue weighted by Crippen LogP contribution is -2.03. The summed E-state index contributed by atoms with van der Waals surface area (Å²) in [4.78, 5) is 0. The SMILES string of the molecule is c1ccc(Cc2ccccc2NCc2nnc(-c3ccccc3)o2)cc1. The Kier molecular flexibility index (Phi) is 4.74. The van der Waals surface area contributed by atoms with Gasteiger partial charge in [0.1, 0.15) is 0 Å².